The smallest absolute Gasteiger partial charge is 0.282 e. The third-order valence-corrected chi connectivity index (χ3v) is 4.89. The van der Waals surface area contributed by atoms with Crippen molar-refractivity contribution in [1.82, 2.24) is 10.9 Å². The van der Waals surface area contributed by atoms with Gasteiger partial charge in [-0.2, -0.15) is 0 Å². The molecule has 144 valence electrons. The van der Waals surface area contributed by atoms with Gasteiger partial charge in [0.1, 0.15) is 11.1 Å². The van der Waals surface area contributed by atoms with E-state index >= 15 is 0 Å². The van der Waals surface area contributed by atoms with Gasteiger partial charge in [-0.05, 0) is 37.1 Å². The number of nitro groups is 1. The molecule has 1 aromatic heterocycles. The molecule has 0 spiro atoms. The normalized spacial score (nSPS) is 10.7. The van der Waals surface area contributed by atoms with E-state index in [2.05, 4.69) is 10.9 Å². The molecule has 0 bridgehead atoms. The van der Waals surface area contributed by atoms with E-state index in [-0.39, 0.29) is 17.7 Å². The maximum absolute atomic E-state index is 12.2. The lowest BCUT2D eigenvalue weighted by atomic mass is 10.0. The highest BCUT2D eigenvalue weighted by molar-refractivity contribution is 6.33. The van der Waals surface area contributed by atoms with Crippen molar-refractivity contribution >= 4 is 40.1 Å². The van der Waals surface area contributed by atoms with Gasteiger partial charge in [-0.15, -0.1) is 0 Å². The van der Waals surface area contributed by atoms with Crippen LogP contribution in [0.15, 0.2) is 41.0 Å². The second-order valence-electron chi connectivity index (χ2n) is 6.22. The van der Waals surface area contributed by atoms with Gasteiger partial charge in [-0.1, -0.05) is 23.7 Å². The summed E-state index contributed by atoms with van der Waals surface area (Å²) in [6, 6.07) is 7.25. The summed E-state index contributed by atoms with van der Waals surface area (Å²) in [6.45, 7) is 3.70. The fourth-order valence-electron chi connectivity index (χ4n) is 2.97. The molecule has 0 fully saturated rings. The number of carbonyl (C=O) groups excluding carboxylic acids is 2. The second-order valence-corrected chi connectivity index (χ2v) is 6.60. The molecule has 0 saturated carbocycles. The fourth-order valence-corrected chi connectivity index (χ4v) is 3.12. The summed E-state index contributed by atoms with van der Waals surface area (Å²) in [7, 11) is 0. The average molecular weight is 402 g/mol. The highest BCUT2D eigenvalue weighted by Crippen LogP contribution is 2.32. The van der Waals surface area contributed by atoms with Crippen LogP contribution < -0.4 is 10.9 Å². The van der Waals surface area contributed by atoms with Crippen LogP contribution in [-0.4, -0.2) is 16.7 Å². The largest absolute Gasteiger partial charge is 0.464 e. The number of para-hydroxylation sites is 1. The minimum absolute atomic E-state index is 0.0651. The van der Waals surface area contributed by atoms with Gasteiger partial charge in [0.05, 0.1) is 17.6 Å². The molecule has 2 N–H and O–H groups in total. The van der Waals surface area contributed by atoms with Crippen molar-refractivity contribution in [2.75, 3.05) is 0 Å². The standard InChI is InChI=1S/C19H16ClN3O5/c1-10-7-15-17(11(2)18(10)20)12(9-28-15)8-16(24)21-22-19(25)13-5-3-4-6-14(13)23(26)27/h3-7,9H,8H2,1-2H3,(H,21,24)(H,22,25). The van der Waals surface area contributed by atoms with Crippen LogP contribution in [0.5, 0.6) is 0 Å². The highest BCUT2D eigenvalue weighted by atomic mass is 35.5. The molecule has 0 aliphatic rings. The number of carbonyl (C=O) groups is 2. The predicted molar refractivity (Wildman–Crippen MR) is 103 cm³/mol. The van der Waals surface area contributed by atoms with Gasteiger partial charge < -0.3 is 4.42 Å². The van der Waals surface area contributed by atoms with Crippen LogP contribution in [0, 0.1) is 24.0 Å². The number of aryl methyl sites for hydroxylation is 2. The maximum Gasteiger partial charge on any atom is 0.282 e. The van der Waals surface area contributed by atoms with Crippen LogP contribution >= 0.6 is 11.6 Å². The van der Waals surface area contributed by atoms with Crippen molar-refractivity contribution in [3.05, 3.63) is 74.0 Å². The number of fused-ring (bicyclic) bond motifs is 1. The van der Waals surface area contributed by atoms with Gasteiger partial charge in [0.25, 0.3) is 11.6 Å². The molecule has 3 rings (SSSR count). The van der Waals surface area contributed by atoms with Crippen LogP contribution in [0.4, 0.5) is 5.69 Å². The number of rotatable bonds is 4. The number of hydrogen-bond donors (Lipinski definition) is 2. The molecule has 0 radical (unpaired) electrons. The number of benzene rings is 2. The number of nitrogens with one attached hydrogen (secondary N) is 2. The molecule has 9 heteroatoms. The van der Waals surface area contributed by atoms with Gasteiger partial charge in [0.15, 0.2) is 0 Å². The molecule has 0 atom stereocenters. The zero-order valence-corrected chi connectivity index (χ0v) is 15.8. The molecule has 0 aliphatic heterocycles. The molecule has 0 aliphatic carbocycles. The number of furan rings is 1. The van der Waals surface area contributed by atoms with Crippen LogP contribution in [0.3, 0.4) is 0 Å². The van der Waals surface area contributed by atoms with E-state index in [0.29, 0.717) is 16.2 Å². The van der Waals surface area contributed by atoms with Gasteiger partial charge in [0.2, 0.25) is 5.91 Å². The molecule has 1 heterocycles. The molecule has 3 aromatic rings. The molecule has 0 saturated heterocycles. The SMILES string of the molecule is Cc1cc2occ(CC(=O)NNC(=O)c3ccccc3[N+](=O)[O-])c2c(C)c1Cl. The lowest BCUT2D eigenvalue weighted by Gasteiger charge is -2.08. The third kappa shape index (κ3) is 3.67. The first kappa shape index (κ1) is 19.4. The van der Waals surface area contributed by atoms with Gasteiger partial charge >= 0.3 is 0 Å². The molecule has 2 amide bonds. The Morgan fingerprint density at radius 3 is 2.64 bits per heavy atom. The topological polar surface area (TPSA) is 114 Å². The number of nitrogens with zero attached hydrogens (tertiary/aromatic N) is 1. The van der Waals surface area contributed by atoms with Crippen LogP contribution in [0.25, 0.3) is 11.0 Å². The molecule has 8 nitrogen and oxygen atoms in total. The Kier molecular flexibility index (Phi) is 5.32. The Morgan fingerprint density at radius 1 is 1.21 bits per heavy atom. The van der Waals surface area contributed by atoms with Gasteiger partial charge in [0, 0.05) is 22.0 Å². The first-order chi connectivity index (χ1) is 13.3. The summed E-state index contributed by atoms with van der Waals surface area (Å²) in [5.41, 5.74) is 6.85. The van der Waals surface area contributed by atoms with E-state index in [1.807, 2.05) is 13.8 Å². The zero-order valence-electron chi connectivity index (χ0n) is 15.0. The van der Waals surface area contributed by atoms with Crippen LogP contribution in [-0.2, 0) is 11.2 Å². The Bertz CT molecular complexity index is 1110. The van der Waals surface area contributed by atoms with Crippen molar-refractivity contribution in [3.8, 4) is 0 Å². The number of amides is 2. The van der Waals surface area contributed by atoms with Crippen molar-refractivity contribution in [1.29, 1.82) is 0 Å². The minimum Gasteiger partial charge on any atom is -0.464 e. The van der Waals surface area contributed by atoms with Crippen molar-refractivity contribution in [2.24, 2.45) is 0 Å². The first-order valence-electron chi connectivity index (χ1n) is 8.28. The number of hydrogen-bond acceptors (Lipinski definition) is 5. The number of nitro benzene ring substituents is 1. The quantitative estimate of drug-likeness (QED) is 0.512. The first-order valence-corrected chi connectivity index (χ1v) is 8.65. The fraction of sp³-hybridized carbons (Fsp3) is 0.158. The molecule has 2 aromatic carbocycles. The van der Waals surface area contributed by atoms with E-state index in [1.165, 1.54) is 30.5 Å². The van der Waals surface area contributed by atoms with E-state index in [4.69, 9.17) is 16.0 Å². The average Bonchev–Trinajstić information content (AvgIpc) is 3.06. The van der Waals surface area contributed by atoms with E-state index in [1.54, 1.807) is 6.07 Å². The molecule has 0 unspecified atom stereocenters. The highest BCUT2D eigenvalue weighted by Gasteiger charge is 2.20. The Balaban J connectivity index is 1.72. The van der Waals surface area contributed by atoms with Crippen LogP contribution in [0.2, 0.25) is 5.02 Å². The monoisotopic (exact) mass is 401 g/mol. The zero-order chi connectivity index (χ0) is 20.4. The van der Waals surface area contributed by atoms with Crippen molar-refractivity contribution < 1.29 is 18.9 Å². The van der Waals surface area contributed by atoms with E-state index in [9.17, 15) is 19.7 Å². The number of hydrazine groups is 1. The summed E-state index contributed by atoms with van der Waals surface area (Å²) in [5, 5.41) is 12.3. The number of halogens is 1. The van der Waals surface area contributed by atoms with Crippen molar-refractivity contribution in [2.45, 2.75) is 20.3 Å². The van der Waals surface area contributed by atoms with Gasteiger partial charge in [-0.3, -0.25) is 30.6 Å². The molecular formula is C19H16ClN3O5. The second kappa shape index (κ2) is 7.69. The maximum atomic E-state index is 12.2. The summed E-state index contributed by atoms with van der Waals surface area (Å²) in [6.07, 6.45) is 1.40. The predicted octanol–water partition coefficient (Wildman–Crippen LogP) is 3.61. The Hall–Kier alpha value is -3.39. The van der Waals surface area contributed by atoms with Crippen molar-refractivity contribution in [3.63, 3.8) is 0 Å². The van der Waals surface area contributed by atoms with Gasteiger partial charge in [-0.25, -0.2) is 0 Å². The minimum atomic E-state index is -0.785. The van der Waals surface area contributed by atoms with E-state index < -0.39 is 16.7 Å². The Labute approximate surface area is 164 Å². The lowest BCUT2D eigenvalue weighted by molar-refractivity contribution is -0.385. The van der Waals surface area contributed by atoms with E-state index in [0.717, 1.165) is 16.5 Å². The lowest BCUT2D eigenvalue weighted by Crippen LogP contribution is -2.42. The molecule has 28 heavy (non-hydrogen) atoms. The Morgan fingerprint density at radius 2 is 1.93 bits per heavy atom. The summed E-state index contributed by atoms with van der Waals surface area (Å²) >= 11 is 6.28. The summed E-state index contributed by atoms with van der Waals surface area (Å²) in [5.74, 6) is -1.29. The summed E-state index contributed by atoms with van der Waals surface area (Å²) in [4.78, 5) is 34.7. The molecular weight excluding hydrogens is 386 g/mol. The summed E-state index contributed by atoms with van der Waals surface area (Å²) < 4.78 is 5.50. The third-order valence-electron chi connectivity index (χ3n) is 4.31. The van der Waals surface area contributed by atoms with Crippen LogP contribution in [0.1, 0.15) is 27.0 Å².